The number of ether oxygens (including phenoxy) is 5. The molecule has 236 valence electrons. The minimum Gasteiger partial charge on any atom is -0.453 e. The third-order valence-corrected chi connectivity index (χ3v) is 7.77. The molecule has 5 atom stereocenters. The second-order valence-electron chi connectivity index (χ2n) is 11.1. The molecule has 5 unspecified atom stereocenters. The first kappa shape index (κ1) is 32.4. The van der Waals surface area contributed by atoms with Gasteiger partial charge in [0.15, 0.2) is 6.10 Å². The summed E-state index contributed by atoms with van der Waals surface area (Å²) in [6, 6.07) is 37.3. The van der Waals surface area contributed by atoms with Crippen LogP contribution in [0.5, 0.6) is 0 Å². The number of carbonyl (C=O) groups is 1. The van der Waals surface area contributed by atoms with Gasteiger partial charge in [-0.15, -0.1) is 0 Å². The summed E-state index contributed by atoms with van der Waals surface area (Å²) >= 11 is 0. The van der Waals surface area contributed by atoms with Crippen LogP contribution in [0.2, 0.25) is 0 Å². The van der Waals surface area contributed by atoms with Crippen molar-refractivity contribution in [1.29, 1.82) is 0 Å². The Balaban J connectivity index is 1.50. The molecule has 0 radical (unpaired) electrons. The van der Waals surface area contributed by atoms with Gasteiger partial charge in [0, 0.05) is 6.92 Å². The highest BCUT2D eigenvalue weighted by Crippen LogP contribution is 2.45. The van der Waals surface area contributed by atoms with E-state index in [0.717, 1.165) is 29.2 Å². The number of esters is 1. The summed E-state index contributed by atoms with van der Waals surface area (Å²) in [6.45, 7) is 1.05. The zero-order chi connectivity index (χ0) is 31.5. The summed E-state index contributed by atoms with van der Waals surface area (Å²) < 4.78 is 63.8. The van der Waals surface area contributed by atoms with Crippen LogP contribution in [0.3, 0.4) is 0 Å². The molecule has 0 N–H and O–H groups in total. The monoisotopic (exact) mass is 616 g/mol. The fourth-order valence-electron chi connectivity index (χ4n) is 5.53. The first-order chi connectivity index (χ1) is 21.9. The normalized spacial score (nSPS) is 22.5. The first-order valence-electron chi connectivity index (χ1n) is 15.0. The molecule has 0 saturated heterocycles. The van der Waals surface area contributed by atoms with E-state index in [1.807, 2.05) is 121 Å². The molecule has 1 aliphatic carbocycles. The van der Waals surface area contributed by atoms with Crippen LogP contribution in [0.1, 0.15) is 29.2 Å². The van der Waals surface area contributed by atoms with Crippen molar-refractivity contribution in [2.45, 2.75) is 63.7 Å². The van der Waals surface area contributed by atoms with Gasteiger partial charge in [0.25, 0.3) is 5.92 Å². The lowest BCUT2D eigenvalue weighted by atomic mass is 9.77. The molecule has 4 aromatic carbocycles. The standard InChI is InChI=1S/C37H38F2O6/c1-27(40)45-36-35(44-25-31-20-12-5-13-21-31)34(43-24-30-18-10-4-11-19-30)33(42-23-29-16-8-3-9-17-29)32(37(36,38)39)26-41-22-28-14-6-2-7-15-28/h2-21,32-36H,22-26H2,1H3. The Bertz CT molecular complexity index is 1440. The summed E-state index contributed by atoms with van der Waals surface area (Å²) in [5.74, 6) is -5.95. The maximum Gasteiger partial charge on any atom is 0.303 e. The molecule has 1 aliphatic rings. The molecule has 1 fully saturated rings. The van der Waals surface area contributed by atoms with Gasteiger partial charge in [0.05, 0.1) is 45.1 Å². The van der Waals surface area contributed by atoms with Gasteiger partial charge in [-0.3, -0.25) is 4.79 Å². The molecule has 0 heterocycles. The third kappa shape index (κ3) is 8.83. The molecule has 0 amide bonds. The van der Waals surface area contributed by atoms with Crippen LogP contribution in [0.15, 0.2) is 121 Å². The predicted octanol–water partition coefficient (Wildman–Crippen LogP) is 7.16. The zero-order valence-corrected chi connectivity index (χ0v) is 25.2. The molecular formula is C37H38F2O6. The number of rotatable bonds is 14. The lowest BCUT2D eigenvalue weighted by molar-refractivity contribution is -0.306. The summed E-state index contributed by atoms with van der Waals surface area (Å²) in [5.41, 5.74) is 3.28. The smallest absolute Gasteiger partial charge is 0.303 e. The molecule has 0 bridgehead atoms. The van der Waals surface area contributed by atoms with Gasteiger partial charge < -0.3 is 23.7 Å². The van der Waals surface area contributed by atoms with Crippen LogP contribution in [0.25, 0.3) is 0 Å². The number of benzene rings is 4. The van der Waals surface area contributed by atoms with Crippen molar-refractivity contribution in [2.75, 3.05) is 6.61 Å². The minimum absolute atomic E-state index is 0.00509. The largest absolute Gasteiger partial charge is 0.453 e. The van der Waals surface area contributed by atoms with Gasteiger partial charge in [-0.05, 0) is 22.3 Å². The fourth-order valence-corrected chi connectivity index (χ4v) is 5.53. The van der Waals surface area contributed by atoms with E-state index in [4.69, 9.17) is 23.7 Å². The van der Waals surface area contributed by atoms with E-state index in [9.17, 15) is 4.79 Å². The Hall–Kier alpha value is -3.95. The summed E-state index contributed by atoms with van der Waals surface area (Å²) in [5, 5.41) is 0. The van der Waals surface area contributed by atoms with Gasteiger partial charge in [-0.1, -0.05) is 121 Å². The van der Waals surface area contributed by atoms with E-state index < -0.39 is 42.2 Å². The van der Waals surface area contributed by atoms with Gasteiger partial charge in [0.1, 0.15) is 12.2 Å². The van der Waals surface area contributed by atoms with E-state index in [2.05, 4.69) is 0 Å². The van der Waals surface area contributed by atoms with Gasteiger partial charge in [-0.25, -0.2) is 8.78 Å². The molecule has 0 spiro atoms. The van der Waals surface area contributed by atoms with Crippen molar-refractivity contribution >= 4 is 5.97 Å². The predicted molar refractivity (Wildman–Crippen MR) is 165 cm³/mol. The SMILES string of the molecule is CC(=O)OC1C(OCc2ccccc2)C(OCc2ccccc2)C(OCc2ccccc2)C(COCc2ccccc2)C1(F)F. The topological polar surface area (TPSA) is 63.2 Å². The summed E-state index contributed by atoms with van der Waals surface area (Å²) in [4.78, 5) is 12.3. The van der Waals surface area contributed by atoms with Crippen LogP contribution in [0.4, 0.5) is 8.78 Å². The lowest BCUT2D eigenvalue weighted by Gasteiger charge is -2.49. The highest BCUT2D eigenvalue weighted by Gasteiger charge is 2.65. The number of halogens is 2. The van der Waals surface area contributed by atoms with Crippen LogP contribution >= 0.6 is 0 Å². The number of carbonyl (C=O) groups excluding carboxylic acids is 1. The molecule has 45 heavy (non-hydrogen) atoms. The average Bonchev–Trinajstić information content (AvgIpc) is 3.06. The zero-order valence-electron chi connectivity index (χ0n) is 25.2. The van der Waals surface area contributed by atoms with Crippen molar-refractivity contribution in [2.24, 2.45) is 5.92 Å². The maximum absolute atomic E-state index is 16.7. The van der Waals surface area contributed by atoms with E-state index in [1.54, 1.807) is 0 Å². The van der Waals surface area contributed by atoms with Crippen molar-refractivity contribution in [1.82, 2.24) is 0 Å². The first-order valence-corrected chi connectivity index (χ1v) is 15.0. The Kier molecular flexibility index (Phi) is 11.4. The van der Waals surface area contributed by atoms with Crippen LogP contribution < -0.4 is 0 Å². The molecule has 8 heteroatoms. The fraction of sp³-hybridized carbons (Fsp3) is 0.324. The molecule has 5 rings (SSSR count). The minimum atomic E-state index is -3.59. The van der Waals surface area contributed by atoms with Gasteiger partial charge in [0.2, 0.25) is 0 Å². The van der Waals surface area contributed by atoms with E-state index in [1.165, 1.54) is 0 Å². The lowest BCUT2D eigenvalue weighted by Crippen LogP contribution is -2.68. The van der Waals surface area contributed by atoms with E-state index in [0.29, 0.717) is 0 Å². The molecule has 6 nitrogen and oxygen atoms in total. The number of alkyl halides is 2. The van der Waals surface area contributed by atoms with E-state index in [-0.39, 0.29) is 33.0 Å². The van der Waals surface area contributed by atoms with Crippen molar-refractivity contribution in [3.05, 3.63) is 144 Å². The van der Waals surface area contributed by atoms with Crippen LogP contribution in [-0.2, 0) is 54.9 Å². The second kappa shape index (κ2) is 15.9. The van der Waals surface area contributed by atoms with Crippen LogP contribution in [-0.4, -0.2) is 42.9 Å². The van der Waals surface area contributed by atoms with Crippen molar-refractivity contribution in [3.63, 3.8) is 0 Å². The van der Waals surface area contributed by atoms with Crippen LogP contribution in [0, 0.1) is 5.92 Å². The Labute approximate surface area is 262 Å². The highest BCUT2D eigenvalue weighted by atomic mass is 19.3. The number of hydrogen-bond acceptors (Lipinski definition) is 6. The average molecular weight is 617 g/mol. The summed E-state index contributed by atoms with van der Waals surface area (Å²) in [6.07, 6.45) is -5.50. The molecule has 0 aliphatic heterocycles. The molecular weight excluding hydrogens is 578 g/mol. The van der Waals surface area contributed by atoms with Crippen molar-refractivity contribution in [3.8, 4) is 0 Å². The highest BCUT2D eigenvalue weighted by molar-refractivity contribution is 5.66. The molecule has 1 saturated carbocycles. The molecule has 0 aromatic heterocycles. The van der Waals surface area contributed by atoms with Crippen molar-refractivity contribution < 1.29 is 37.3 Å². The quantitative estimate of drug-likeness (QED) is 0.140. The maximum atomic E-state index is 16.7. The van der Waals surface area contributed by atoms with Gasteiger partial charge in [-0.2, -0.15) is 0 Å². The molecule has 4 aromatic rings. The second-order valence-corrected chi connectivity index (χ2v) is 11.1. The van der Waals surface area contributed by atoms with Gasteiger partial charge >= 0.3 is 5.97 Å². The Morgan fingerprint density at radius 3 is 1.38 bits per heavy atom. The third-order valence-electron chi connectivity index (χ3n) is 7.77. The van der Waals surface area contributed by atoms with E-state index >= 15 is 8.78 Å². The number of hydrogen-bond donors (Lipinski definition) is 0. The Morgan fingerprint density at radius 1 is 0.578 bits per heavy atom. The summed E-state index contributed by atoms with van der Waals surface area (Å²) in [7, 11) is 0. The Morgan fingerprint density at radius 2 is 0.956 bits per heavy atom.